The molecule has 4 aromatic carbocycles. The van der Waals surface area contributed by atoms with Crippen LogP contribution in [0.25, 0.3) is 0 Å². The first kappa shape index (κ1) is 24.5. The summed E-state index contributed by atoms with van der Waals surface area (Å²) in [5, 5.41) is 17.5. The van der Waals surface area contributed by atoms with Crippen LogP contribution in [0.2, 0.25) is 0 Å². The second kappa shape index (κ2) is 11.7. The zero-order valence-corrected chi connectivity index (χ0v) is 20.9. The molecule has 0 fully saturated rings. The zero-order chi connectivity index (χ0) is 25.3. The van der Waals surface area contributed by atoms with E-state index >= 15 is 0 Å². The molecule has 0 saturated heterocycles. The van der Waals surface area contributed by atoms with Gasteiger partial charge in [0.25, 0.3) is 0 Å². The summed E-state index contributed by atoms with van der Waals surface area (Å²) in [4.78, 5) is 9.16. The van der Waals surface area contributed by atoms with Crippen molar-refractivity contribution in [3.8, 4) is 0 Å². The second-order valence-corrected chi connectivity index (χ2v) is 8.61. The number of hydrogen-bond donors (Lipinski definition) is 0. The quantitative estimate of drug-likeness (QED) is 0.190. The van der Waals surface area contributed by atoms with E-state index in [1.807, 2.05) is 113 Å². The van der Waals surface area contributed by atoms with Crippen LogP contribution in [0.4, 0.5) is 34.1 Å². The van der Waals surface area contributed by atoms with Gasteiger partial charge in [0.2, 0.25) is 0 Å². The van der Waals surface area contributed by atoms with Crippen LogP contribution in [0.3, 0.4) is 0 Å². The van der Waals surface area contributed by atoms with Gasteiger partial charge in [-0.1, -0.05) is 47.5 Å². The van der Waals surface area contributed by atoms with Gasteiger partial charge in [0.05, 0.1) is 22.7 Å². The van der Waals surface area contributed by atoms with Crippen LogP contribution in [0.1, 0.15) is 22.3 Å². The molecule has 0 aliphatic rings. The van der Waals surface area contributed by atoms with Crippen LogP contribution >= 0.6 is 0 Å². The predicted octanol–water partition coefficient (Wildman–Crippen LogP) is 9.86. The minimum absolute atomic E-state index is 0.689. The Balaban J connectivity index is 1.53. The highest BCUT2D eigenvalue weighted by atomic mass is 15.1. The predicted molar refractivity (Wildman–Crippen MR) is 149 cm³/mol. The standard InChI is InChI=1S/C30H28N6/c1-21-5-11-25(12-6-21)33-35-27-15-9-23(3)19-29(27)31-17-18-32-30-20-24(4)10-16-28(30)36-34-26-13-7-22(2)8-14-26/h5-20H,1-4H3. The molecule has 0 saturated carbocycles. The first-order valence-corrected chi connectivity index (χ1v) is 11.7. The molecule has 0 N–H and O–H groups in total. The van der Waals surface area contributed by atoms with E-state index in [0.717, 1.165) is 33.9 Å². The summed E-state index contributed by atoms with van der Waals surface area (Å²) in [7, 11) is 0. The van der Waals surface area contributed by atoms with Crippen LogP contribution < -0.4 is 0 Å². The fourth-order valence-corrected chi connectivity index (χ4v) is 3.32. The second-order valence-electron chi connectivity index (χ2n) is 8.61. The van der Waals surface area contributed by atoms with Crippen molar-refractivity contribution in [2.24, 2.45) is 30.4 Å². The Hall–Kier alpha value is -4.58. The van der Waals surface area contributed by atoms with Crippen molar-refractivity contribution in [1.29, 1.82) is 0 Å². The van der Waals surface area contributed by atoms with Gasteiger partial charge < -0.3 is 0 Å². The fourth-order valence-electron chi connectivity index (χ4n) is 3.32. The highest BCUT2D eigenvalue weighted by molar-refractivity contribution is 6.17. The van der Waals surface area contributed by atoms with E-state index in [2.05, 4.69) is 30.4 Å². The summed E-state index contributed by atoms with van der Waals surface area (Å²) >= 11 is 0. The number of benzene rings is 4. The molecule has 178 valence electrons. The number of aliphatic imine (C=N–C) groups is 2. The van der Waals surface area contributed by atoms with Crippen molar-refractivity contribution in [3.63, 3.8) is 0 Å². The van der Waals surface area contributed by atoms with Gasteiger partial charge in [0.1, 0.15) is 11.4 Å². The number of nitrogens with zero attached hydrogens (tertiary/aromatic N) is 6. The third kappa shape index (κ3) is 6.96. The number of aryl methyl sites for hydroxylation is 4. The van der Waals surface area contributed by atoms with Gasteiger partial charge in [-0.3, -0.25) is 9.98 Å². The summed E-state index contributed by atoms with van der Waals surface area (Å²) in [5.74, 6) is 0. The van der Waals surface area contributed by atoms with Crippen LogP contribution in [0.5, 0.6) is 0 Å². The molecule has 0 bridgehead atoms. The van der Waals surface area contributed by atoms with E-state index in [9.17, 15) is 0 Å². The van der Waals surface area contributed by atoms with Gasteiger partial charge >= 0.3 is 0 Å². The van der Waals surface area contributed by atoms with Crippen molar-refractivity contribution in [2.45, 2.75) is 27.7 Å². The van der Waals surface area contributed by atoms with Gasteiger partial charge in [0.15, 0.2) is 0 Å². The summed E-state index contributed by atoms with van der Waals surface area (Å²) < 4.78 is 0. The molecule has 0 amide bonds. The topological polar surface area (TPSA) is 74.2 Å². The Bertz CT molecular complexity index is 1330. The maximum absolute atomic E-state index is 4.58. The normalized spacial score (nSPS) is 12.0. The maximum atomic E-state index is 4.58. The van der Waals surface area contributed by atoms with Gasteiger partial charge in [-0.2, -0.15) is 10.2 Å². The Labute approximate surface area is 211 Å². The average Bonchev–Trinajstić information content (AvgIpc) is 2.87. The summed E-state index contributed by atoms with van der Waals surface area (Å²) in [6.45, 7) is 8.13. The summed E-state index contributed by atoms with van der Waals surface area (Å²) in [5.41, 5.74) is 8.96. The van der Waals surface area contributed by atoms with Crippen molar-refractivity contribution < 1.29 is 0 Å². The number of hydrogen-bond acceptors (Lipinski definition) is 6. The fraction of sp³-hybridized carbons (Fsp3) is 0.133. The van der Waals surface area contributed by atoms with Crippen molar-refractivity contribution in [3.05, 3.63) is 107 Å². The van der Waals surface area contributed by atoms with E-state index in [4.69, 9.17) is 0 Å². The van der Waals surface area contributed by atoms with E-state index in [-0.39, 0.29) is 0 Å². The molecule has 0 aromatic heterocycles. The molecule has 0 aliphatic heterocycles. The number of rotatable bonds is 7. The SMILES string of the molecule is Cc1ccc(N=Nc2ccc(C)cc2N=CC=Nc2cc(C)ccc2N=Nc2ccc(C)cc2)cc1. The molecule has 36 heavy (non-hydrogen) atoms. The minimum atomic E-state index is 0.689. The molecule has 6 heteroatoms. The Kier molecular flexibility index (Phi) is 7.98. The summed E-state index contributed by atoms with van der Waals surface area (Å²) in [6, 6.07) is 27.6. The lowest BCUT2D eigenvalue weighted by Crippen LogP contribution is -1.79. The monoisotopic (exact) mass is 472 g/mol. The first-order valence-electron chi connectivity index (χ1n) is 11.7. The van der Waals surface area contributed by atoms with Gasteiger partial charge in [0, 0.05) is 12.4 Å². The van der Waals surface area contributed by atoms with E-state index in [1.165, 1.54) is 11.1 Å². The van der Waals surface area contributed by atoms with Crippen molar-refractivity contribution >= 4 is 46.6 Å². The minimum Gasteiger partial charge on any atom is -0.253 e. The van der Waals surface area contributed by atoms with Crippen molar-refractivity contribution in [2.75, 3.05) is 0 Å². The Morgan fingerprint density at radius 2 is 0.750 bits per heavy atom. The molecule has 0 unspecified atom stereocenters. The third-order valence-corrected chi connectivity index (χ3v) is 5.37. The van der Waals surface area contributed by atoms with Crippen LogP contribution in [-0.4, -0.2) is 12.4 Å². The summed E-state index contributed by atoms with van der Waals surface area (Å²) in [6.07, 6.45) is 3.31. The molecule has 0 aliphatic carbocycles. The lowest BCUT2D eigenvalue weighted by molar-refractivity contribution is 1.22. The molecule has 0 atom stereocenters. The molecule has 0 heterocycles. The molecular formula is C30H28N6. The molecule has 0 radical (unpaired) electrons. The van der Waals surface area contributed by atoms with Crippen LogP contribution in [0, 0.1) is 27.7 Å². The molecule has 6 nitrogen and oxygen atoms in total. The molecular weight excluding hydrogens is 444 g/mol. The molecule has 0 spiro atoms. The zero-order valence-electron chi connectivity index (χ0n) is 20.9. The molecule has 4 aromatic rings. The third-order valence-electron chi connectivity index (χ3n) is 5.37. The Morgan fingerprint density at radius 3 is 1.14 bits per heavy atom. The lowest BCUT2D eigenvalue weighted by Gasteiger charge is -2.02. The van der Waals surface area contributed by atoms with E-state index in [0.29, 0.717) is 11.4 Å². The average molecular weight is 473 g/mol. The highest BCUT2D eigenvalue weighted by Gasteiger charge is 2.02. The lowest BCUT2D eigenvalue weighted by atomic mass is 10.2. The Morgan fingerprint density at radius 1 is 0.389 bits per heavy atom. The van der Waals surface area contributed by atoms with Gasteiger partial charge in [-0.05, 0) is 87.4 Å². The van der Waals surface area contributed by atoms with Crippen LogP contribution in [-0.2, 0) is 0 Å². The highest BCUT2D eigenvalue weighted by Crippen LogP contribution is 2.32. The smallest absolute Gasteiger partial charge is 0.111 e. The van der Waals surface area contributed by atoms with Gasteiger partial charge in [-0.15, -0.1) is 10.2 Å². The number of azo groups is 2. The van der Waals surface area contributed by atoms with Crippen molar-refractivity contribution in [1.82, 2.24) is 0 Å². The van der Waals surface area contributed by atoms with Gasteiger partial charge in [-0.25, -0.2) is 0 Å². The largest absolute Gasteiger partial charge is 0.253 e. The maximum Gasteiger partial charge on any atom is 0.111 e. The van der Waals surface area contributed by atoms with Crippen LogP contribution in [0.15, 0.2) is 115 Å². The molecule has 4 rings (SSSR count). The first-order chi connectivity index (χ1) is 17.5. The van der Waals surface area contributed by atoms with E-state index in [1.54, 1.807) is 12.4 Å². The van der Waals surface area contributed by atoms with E-state index < -0.39 is 0 Å².